The van der Waals surface area contributed by atoms with Crippen LogP contribution in [0, 0.1) is 17.2 Å². The predicted molar refractivity (Wildman–Crippen MR) is 81.0 cm³/mol. The quantitative estimate of drug-likeness (QED) is 0.636. The van der Waals surface area contributed by atoms with Crippen molar-refractivity contribution in [3.8, 4) is 6.07 Å². The highest BCUT2D eigenvalue weighted by atomic mass is 35.5. The Morgan fingerprint density at radius 2 is 2.23 bits per heavy atom. The highest BCUT2D eigenvalue weighted by Gasteiger charge is 2.43. The fraction of sp³-hybridized carbons (Fsp3) is 0.400. The predicted octanol–water partition coefficient (Wildman–Crippen LogP) is 1.89. The molecule has 1 aliphatic carbocycles. The van der Waals surface area contributed by atoms with Gasteiger partial charge in [-0.25, -0.2) is 4.79 Å². The molecular weight excluding hydrogens is 306 g/mol. The Balaban J connectivity index is 1.92. The van der Waals surface area contributed by atoms with Gasteiger partial charge in [0.15, 0.2) is 6.61 Å². The molecule has 1 atom stereocenters. The maximum absolute atomic E-state index is 11.9. The number of nitrogens with two attached hydrogens (primary N) is 1. The summed E-state index contributed by atoms with van der Waals surface area (Å²) in [4.78, 5) is 23.7. The average molecular weight is 322 g/mol. The van der Waals surface area contributed by atoms with Crippen LogP contribution in [0.5, 0.6) is 0 Å². The molecule has 1 amide bonds. The maximum atomic E-state index is 11.9. The first kappa shape index (κ1) is 16.1. The summed E-state index contributed by atoms with van der Waals surface area (Å²) in [6, 6.07) is 6.51. The fourth-order valence-corrected chi connectivity index (χ4v) is 2.29. The van der Waals surface area contributed by atoms with Crippen molar-refractivity contribution in [1.29, 1.82) is 5.26 Å². The molecule has 0 unspecified atom stereocenters. The highest BCUT2D eigenvalue weighted by Crippen LogP contribution is 2.39. The minimum Gasteiger partial charge on any atom is -0.452 e. The molecule has 0 radical (unpaired) electrons. The molecule has 1 aliphatic rings. The molecule has 1 fully saturated rings. The van der Waals surface area contributed by atoms with Crippen LogP contribution < -0.4 is 11.1 Å². The van der Waals surface area contributed by atoms with E-state index < -0.39 is 24.0 Å². The zero-order chi connectivity index (χ0) is 16.3. The molecule has 7 heteroatoms. The van der Waals surface area contributed by atoms with Crippen molar-refractivity contribution in [2.24, 2.45) is 5.92 Å². The largest absolute Gasteiger partial charge is 0.452 e. The summed E-state index contributed by atoms with van der Waals surface area (Å²) in [6.45, 7) is 1.19. The third-order valence-corrected chi connectivity index (χ3v) is 3.83. The van der Waals surface area contributed by atoms with Gasteiger partial charge in [0.05, 0.1) is 11.6 Å². The highest BCUT2D eigenvalue weighted by molar-refractivity contribution is 6.31. The van der Waals surface area contributed by atoms with Crippen LogP contribution in [0.1, 0.15) is 30.1 Å². The molecule has 1 saturated carbocycles. The van der Waals surface area contributed by atoms with E-state index in [4.69, 9.17) is 27.3 Å². The Labute approximate surface area is 133 Å². The molecule has 2 rings (SSSR count). The molecule has 0 saturated heterocycles. The Morgan fingerprint density at radius 3 is 2.82 bits per heavy atom. The average Bonchev–Trinajstić information content (AvgIpc) is 3.32. The normalized spacial score (nSPS) is 16.2. The standard InChI is InChI=1S/C15H16ClN3O3/c1-15(8-17,9-2-3-9)19-13(20)7-22-14(21)11-6-10(16)4-5-12(11)18/h4-6,9H,2-3,7,18H2,1H3,(H,19,20)/t15-/m1/s1. The third-order valence-electron chi connectivity index (χ3n) is 3.59. The van der Waals surface area contributed by atoms with Crippen LogP contribution in [0.3, 0.4) is 0 Å². The SMILES string of the molecule is C[C@](C#N)(NC(=O)COC(=O)c1cc(Cl)ccc1N)C1CC1. The van der Waals surface area contributed by atoms with E-state index in [1.165, 1.54) is 12.1 Å². The summed E-state index contributed by atoms with van der Waals surface area (Å²) in [5.74, 6) is -1.11. The number of halogens is 1. The van der Waals surface area contributed by atoms with Gasteiger partial charge < -0.3 is 15.8 Å². The second kappa shape index (κ2) is 6.24. The van der Waals surface area contributed by atoms with Gasteiger partial charge in [0.2, 0.25) is 0 Å². The number of anilines is 1. The summed E-state index contributed by atoms with van der Waals surface area (Å²) in [6.07, 6.45) is 1.81. The Hall–Kier alpha value is -2.26. The van der Waals surface area contributed by atoms with Gasteiger partial charge in [0.25, 0.3) is 5.91 Å². The summed E-state index contributed by atoms with van der Waals surface area (Å²) >= 11 is 5.79. The van der Waals surface area contributed by atoms with Gasteiger partial charge in [-0.3, -0.25) is 4.79 Å². The van der Waals surface area contributed by atoms with E-state index in [9.17, 15) is 9.59 Å². The lowest BCUT2D eigenvalue weighted by molar-refractivity contribution is -0.125. The molecule has 1 aromatic rings. The van der Waals surface area contributed by atoms with Crippen LogP contribution in [0.4, 0.5) is 5.69 Å². The molecule has 22 heavy (non-hydrogen) atoms. The first-order valence-electron chi connectivity index (χ1n) is 6.80. The fourth-order valence-electron chi connectivity index (χ4n) is 2.12. The first-order chi connectivity index (χ1) is 10.4. The number of benzene rings is 1. The maximum Gasteiger partial charge on any atom is 0.340 e. The molecule has 0 bridgehead atoms. The van der Waals surface area contributed by atoms with Crippen LogP contribution in [0.15, 0.2) is 18.2 Å². The van der Waals surface area contributed by atoms with E-state index >= 15 is 0 Å². The van der Waals surface area contributed by atoms with Gasteiger partial charge in [-0.05, 0) is 43.9 Å². The van der Waals surface area contributed by atoms with Crippen LogP contribution in [-0.4, -0.2) is 24.0 Å². The third kappa shape index (κ3) is 3.68. The van der Waals surface area contributed by atoms with Crippen molar-refractivity contribution in [2.75, 3.05) is 12.3 Å². The summed E-state index contributed by atoms with van der Waals surface area (Å²) in [7, 11) is 0. The number of hydrogen-bond acceptors (Lipinski definition) is 5. The lowest BCUT2D eigenvalue weighted by atomic mass is 9.98. The number of nitrogens with zero attached hydrogens (tertiary/aromatic N) is 1. The number of carbonyl (C=O) groups is 2. The van der Waals surface area contributed by atoms with Crippen molar-refractivity contribution >= 4 is 29.2 Å². The van der Waals surface area contributed by atoms with E-state index in [0.717, 1.165) is 12.8 Å². The number of nitrogens with one attached hydrogen (secondary N) is 1. The number of nitrogen functional groups attached to an aromatic ring is 1. The van der Waals surface area contributed by atoms with Crippen molar-refractivity contribution in [3.63, 3.8) is 0 Å². The second-order valence-corrected chi connectivity index (χ2v) is 5.88. The minimum atomic E-state index is -0.918. The van der Waals surface area contributed by atoms with Gasteiger partial charge in [-0.15, -0.1) is 0 Å². The van der Waals surface area contributed by atoms with Gasteiger partial charge in [0, 0.05) is 10.7 Å². The van der Waals surface area contributed by atoms with Crippen molar-refractivity contribution in [3.05, 3.63) is 28.8 Å². The molecule has 0 aromatic heterocycles. The molecule has 0 aliphatic heterocycles. The first-order valence-corrected chi connectivity index (χ1v) is 7.18. The smallest absolute Gasteiger partial charge is 0.340 e. The Kier molecular flexibility index (Phi) is 4.57. The summed E-state index contributed by atoms with van der Waals surface area (Å²) in [5, 5.41) is 12.1. The van der Waals surface area contributed by atoms with Crippen LogP contribution in [-0.2, 0) is 9.53 Å². The monoisotopic (exact) mass is 321 g/mol. The Morgan fingerprint density at radius 1 is 1.55 bits per heavy atom. The van der Waals surface area contributed by atoms with E-state index in [-0.39, 0.29) is 17.2 Å². The topological polar surface area (TPSA) is 105 Å². The van der Waals surface area contributed by atoms with E-state index in [0.29, 0.717) is 5.02 Å². The number of esters is 1. The molecule has 0 spiro atoms. The molecule has 0 heterocycles. The van der Waals surface area contributed by atoms with Crippen molar-refractivity contribution in [1.82, 2.24) is 5.32 Å². The van der Waals surface area contributed by atoms with Crippen molar-refractivity contribution in [2.45, 2.75) is 25.3 Å². The number of hydrogen-bond donors (Lipinski definition) is 2. The van der Waals surface area contributed by atoms with Crippen molar-refractivity contribution < 1.29 is 14.3 Å². The number of nitriles is 1. The summed E-state index contributed by atoms with van der Waals surface area (Å²) < 4.78 is 4.92. The van der Waals surface area contributed by atoms with Gasteiger partial charge in [0.1, 0.15) is 5.54 Å². The lowest BCUT2D eigenvalue weighted by Gasteiger charge is -2.22. The zero-order valence-electron chi connectivity index (χ0n) is 12.1. The molecule has 116 valence electrons. The number of rotatable bonds is 5. The minimum absolute atomic E-state index is 0.102. The van der Waals surface area contributed by atoms with Gasteiger partial charge >= 0.3 is 5.97 Å². The Bertz CT molecular complexity index is 652. The van der Waals surface area contributed by atoms with Gasteiger partial charge in [-0.1, -0.05) is 11.6 Å². The van der Waals surface area contributed by atoms with Crippen LogP contribution >= 0.6 is 11.6 Å². The molecule has 6 nitrogen and oxygen atoms in total. The zero-order valence-corrected chi connectivity index (χ0v) is 12.8. The van der Waals surface area contributed by atoms with Gasteiger partial charge in [-0.2, -0.15) is 5.26 Å². The number of amides is 1. The number of ether oxygens (including phenoxy) is 1. The van der Waals surface area contributed by atoms with E-state index in [1.54, 1.807) is 13.0 Å². The van der Waals surface area contributed by atoms with E-state index in [2.05, 4.69) is 11.4 Å². The second-order valence-electron chi connectivity index (χ2n) is 5.44. The van der Waals surface area contributed by atoms with Crippen LogP contribution in [0.2, 0.25) is 5.02 Å². The lowest BCUT2D eigenvalue weighted by Crippen LogP contribution is -2.48. The molecule has 1 aromatic carbocycles. The number of carbonyl (C=O) groups excluding carboxylic acids is 2. The van der Waals surface area contributed by atoms with Crippen LogP contribution in [0.25, 0.3) is 0 Å². The molecule has 3 N–H and O–H groups in total. The summed E-state index contributed by atoms with van der Waals surface area (Å²) in [5.41, 5.74) is 5.07. The molecular formula is C15H16ClN3O3. The van der Waals surface area contributed by atoms with E-state index in [1.807, 2.05) is 0 Å².